The number of nitrogens with one attached hydrogen (secondary N) is 1. The lowest BCUT2D eigenvalue weighted by molar-refractivity contribution is 0.0916. The van der Waals surface area contributed by atoms with Crippen LogP contribution in [0.1, 0.15) is 52.2 Å². The molecular formula is C32H38FN3O5S. The quantitative estimate of drug-likeness (QED) is 0.207. The van der Waals surface area contributed by atoms with Gasteiger partial charge in [0.2, 0.25) is 5.88 Å². The second-order valence-corrected chi connectivity index (χ2v) is 12.6. The monoisotopic (exact) mass is 595 g/mol. The highest BCUT2D eigenvalue weighted by atomic mass is 32.2. The molecule has 1 amide bonds. The number of benzene rings is 2. The van der Waals surface area contributed by atoms with Crippen LogP contribution in [-0.2, 0) is 16.4 Å². The summed E-state index contributed by atoms with van der Waals surface area (Å²) in [5.74, 6) is -0.981. The van der Waals surface area contributed by atoms with Gasteiger partial charge in [-0.3, -0.25) is 4.79 Å². The van der Waals surface area contributed by atoms with Crippen molar-refractivity contribution in [3.63, 3.8) is 0 Å². The van der Waals surface area contributed by atoms with Crippen LogP contribution in [0.2, 0.25) is 0 Å². The molecule has 2 aromatic carbocycles. The predicted octanol–water partition coefficient (Wildman–Crippen LogP) is 6.64. The number of aromatic nitrogens is 2. The lowest BCUT2D eigenvalue weighted by Crippen LogP contribution is -2.35. The highest BCUT2D eigenvalue weighted by molar-refractivity contribution is 7.90. The van der Waals surface area contributed by atoms with Gasteiger partial charge in [0.15, 0.2) is 5.03 Å². The molecule has 2 aromatic heterocycles. The largest absolute Gasteiger partial charge is 0.493 e. The maximum absolute atomic E-state index is 14.6. The zero-order chi connectivity index (χ0) is 30.5. The van der Waals surface area contributed by atoms with Gasteiger partial charge in [0.05, 0.1) is 12.3 Å². The molecule has 0 aliphatic heterocycles. The molecule has 42 heavy (non-hydrogen) atoms. The molecule has 224 valence electrons. The Morgan fingerprint density at radius 3 is 2.43 bits per heavy atom. The van der Waals surface area contributed by atoms with Gasteiger partial charge < -0.3 is 9.47 Å². The van der Waals surface area contributed by atoms with Gasteiger partial charge in [0, 0.05) is 26.6 Å². The molecule has 4 rings (SSSR count). The topological polar surface area (TPSA) is 107 Å². The number of hydrogen-bond donors (Lipinski definition) is 1. The molecule has 10 heteroatoms. The SMILES string of the molecule is Cc1cccc(S(=O)(=O)NC(=O)c2ccc(-c3cc(F)cc(OCC(C)C)c3)nc2OC(C)(C)Cc2ccccc2)n1.[HH].[HH]. The maximum atomic E-state index is 14.6. The van der Waals surface area contributed by atoms with E-state index in [1.165, 1.54) is 36.4 Å². The van der Waals surface area contributed by atoms with Crippen molar-refractivity contribution < 1.29 is 29.9 Å². The number of hydrogen-bond acceptors (Lipinski definition) is 7. The molecule has 0 spiro atoms. The van der Waals surface area contributed by atoms with E-state index in [-0.39, 0.29) is 25.2 Å². The van der Waals surface area contributed by atoms with E-state index in [9.17, 15) is 17.6 Å². The number of rotatable bonds is 11. The Balaban J connectivity index is 0.00000337. The first-order valence-electron chi connectivity index (χ1n) is 13.5. The first-order valence-corrected chi connectivity index (χ1v) is 15.0. The Morgan fingerprint density at radius 1 is 1.00 bits per heavy atom. The highest BCUT2D eigenvalue weighted by Gasteiger charge is 2.28. The second kappa shape index (κ2) is 12.7. The standard InChI is InChI=1S/C32H34FN3O5S.2H2/c1-21(2)20-40-26-17-24(16-25(33)18-26)28-15-14-27(30(37)36-42(38,39)29-13-9-10-22(3)34-29)31(35-28)41-32(4,5)19-23-11-7-6-8-12-23;;/h6-18,21H,19-20H2,1-5H3,(H,36,37);2*1H. The van der Waals surface area contributed by atoms with Gasteiger partial charge in [-0.05, 0) is 68.7 Å². The van der Waals surface area contributed by atoms with E-state index in [0.29, 0.717) is 35.7 Å². The third-order valence-electron chi connectivity index (χ3n) is 6.07. The van der Waals surface area contributed by atoms with E-state index in [2.05, 4.69) is 14.7 Å². The summed E-state index contributed by atoms with van der Waals surface area (Å²) in [6, 6.07) is 21.3. The molecule has 0 fully saturated rings. The van der Waals surface area contributed by atoms with E-state index in [1.807, 2.05) is 58.0 Å². The molecular weight excluding hydrogens is 557 g/mol. The summed E-state index contributed by atoms with van der Waals surface area (Å²) in [5.41, 5.74) is 1.23. The molecule has 0 bridgehead atoms. The number of ether oxygens (including phenoxy) is 2. The van der Waals surface area contributed by atoms with Crippen molar-refractivity contribution in [3.8, 4) is 22.9 Å². The fraction of sp³-hybridized carbons (Fsp3) is 0.281. The number of halogens is 1. The highest BCUT2D eigenvalue weighted by Crippen LogP contribution is 2.30. The van der Waals surface area contributed by atoms with Crippen molar-refractivity contribution in [1.29, 1.82) is 0 Å². The minimum absolute atomic E-state index is 0. The Labute approximate surface area is 249 Å². The number of nitrogens with zero attached hydrogens (tertiary/aromatic N) is 2. The lowest BCUT2D eigenvalue weighted by Gasteiger charge is -2.27. The van der Waals surface area contributed by atoms with Crippen molar-refractivity contribution in [2.45, 2.75) is 51.7 Å². The predicted molar refractivity (Wildman–Crippen MR) is 163 cm³/mol. The Kier molecular flexibility index (Phi) is 9.26. The summed E-state index contributed by atoms with van der Waals surface area (Å²) in [4.78, 5) is 22.0. The average Bonchev–Trinajstić information content (AvgIpc) is 2.91. The van der Waals surface area contributed by atoms with E-state index < -0.39 is 27.3 Å². The summed E-state index contributed by atoms with van der Waals surface area (Å²) >= 11 is 0. The number of amides is 1. The molecule has 2 heterocycles. The number of carbonyl (C=O) groups excluding carboxylic acids is 1. The molecule has 0 atom stereocenters. The van der Waals surface area contributed by atoms with Crippen LogP contribution in [0.3, 0.4) is 0 Å². The summed E-state index contributed by atoms with van der Waals surface area (Å²) in [5, 5.41) is -0.291. The second-order valence-electron chi connectivity index (χ2n) is 11.0. The van der Waals surface area contributed by atoms with Gasteiger partial charge in [0.25, 0.3) is 15.9 Å². The minimum Gasteiger partial charge on any atom is -0.493 e. The van der Waals surface area contributed by atoms with Crippen molar-refractivity contribution in [1.82, 2.24) is 14.7 Å². The molecule has 8 nitrogen and oxygen atoms in total. The van der Waals surface area contributed by atoms with Crippen LogP contribution in [-0.4, -0.2) is 36.5 Å². The molecule has 0 saturated heterocycles. The number of pyridine rings is 2. The summed E-state index contributed by atoms with van der Waals surface area (Å²) in [7, 11) is -4.29. The smallest absolute Gasteiger partial charge is 0.281 e. The Bertz CT molecular complexity index is 1690. The third kappa shape index (κ3) is 8.13. The molecule has 0 radical (unpaired) electrons. The van der Waals surface area contributed by atoms with Crippen molar-refractivity contribution in [2.75, 3.05) is 6.61 Å². The summed E-state index contributed by atoms with van der Waals surface area (Å²) in [6.07, 6.45) is 0.472. The fourth-order valence-electron chi connectivity index (χ4n) is 4.19. The van der Waals surface area contributed by atoms with E-state index in [1.54, 1.807) is 19.1 Å². The normalized spacial score (nSPS) is 11.8. The average molecular weight is 596 g/mol. The fourth-order valence-corrected chi connectivity index (χ4v) is 5.17. The zero-order valence-electron chi connectivity index (χ0n) is 24.2. The summed E-state index contributed by atoms with van der Waals surface area (Å²) < 4.78 is 54.6. The van der Waals surface area contributed by atoms with Crippen molar-refractivity contribution >= 4 is 15.9 Å². The van der Waals surface area contributed by atoms with Crippen LogP contribution in [0.4, 0.5) is 4.39 Å². The van der Waals surface area contributed by atoms with Gasteiger partial charge >= 0.3 is 0 Å². The van der Waals surface area contributed by atoms with Gasteiger partial charge in [-0.2, -0.15) is 8.42 Å². The lowest BCUT2D eigenvalue weighted by atomic mass is 9.98. The minimum atomic E-state index is -4.29. The molecule has 4 aromatic rings. The van der Waals surface area contributed by atoms with Gasteiger partial charge in [-0.1, -0.05) is 50.2 Å². The molecule has 1 N–H and O–H groups in total. The zero-order valence-corrected chi connectivity index (χ0v) is 25.0. The molecule has 0 unspecified atom stereocenters. The van der Waals surface area contributed by atoms with Crippen LogP contribution >= 0.6 is 0 Å². The molecule has 0 saturated carbocycles. The van der Waals surface area contributed by atoms with Crippen LogP contribution in [0, 0.1) is 18.7 Å². The number of aryl methyl sites for hydroxylation is 1. The summed E-state index contributed by atoms with van der Waals surface area (Å²) in [6.45, 7) is 9.70. The molecule has 0 aliphatic carbocycles. The molecule has 0 aliphatic rings. The van der Waals surface area contributed by atoms with E-state index in [4.69, 9.17) is 9.47 Å². The first-order chi connectivity index (χ1) is 19.8. The van der Waals surface area contributed by atoms with Crippen LogP contribution in [0.15, 0.2) is 83.9 Å². The van der Waals surface area contributed by atoms with Crippen molar-refractivity contribution in [3.05, 3.63) is 102 Å². The van der Waals surface area contributed by atoms with Crippen LogP contribution < -0.4 is 14.2 Å². The van der Waals surface area contributed by atoms with E-state index >= 15 is 0 Å². The van der Waals surface area contributed by atoms with Gasteiger partial charge in [0.1, 0.15) is 22.7 Å². The van der Waals surface area contributed by atoms with E-state index in [0.717, 1.165) is 5.56 Å². The van der Waals surface area contributed by atoms with Crippen LogP contribution in [0.5, 0.6) is 11.6 Å². The first kappa shape index (κ1) is 30.6. The third-order valence-corrected chi connectivity index (χ3v) is 7.30. The van der Waals surface area contributed by atoms with Crippen LogP contribution in [0.25, 0.3) is 11.3 Å². The number of carbonyl (C=O) groups is 1. The van der Waals surface area contributed by atoms with Gasteiger partial charge in [-0.25, -0.2) is 19.1 Å². The maximum Gasteiger partial charge on any atom is 0.281 e. The Hall–Kier alpha value is -4.31. The van der Waals surface area contributed by atoms with Gasteiger partial charge in [-0.15, -0.1) is 0 Å². The van der Waals surface area contributed by atoms with Crippen molar-refractivity contribution in [2.24, 2.45) is 5.92 Å². The Morgan fingerprint density at radius 2 is 1.74 bits per heavy atom. The number of sulfonamides is 1.